The number of carbonyl (C=O) groups excluding carboxylic acids is 1. The lowest BCUT2D eigenvalue weighted by atomic mass is 9.76. The number of amides is 1. The molecule has 114 valence electrons. The van der Waals surface area contributed by atoms with Crippen molar-refractivity contribution in [2.24, 2.45) is 11.3 Å². The molecule has 21 heavy (non-hydrogen) atoms. The number of likely N-dealkylation sites (tertiary alicyclic amines) is 1. The summed E-state index contributed by atoms with van der Waals surface area (Å²) in [5.74, 6) is -1.33. The average Bonchev–Trinajstić information content (AvgIpc) is 3.06. The summed E-state index contributed by atoms with van der Waals surface area (Å²) in [6.45, 7) is 4.16. The van der Waals surface area contributed by atoms with Crippen molar-refractivity contribution in [1.29, 1.82) is 0 Å². The summed E-state index contributed by atoms with van der Waals surface area (Å²) in [5.41, 5.74) is -0.932. The maximum absolute atomic E-state index is 12.3. The molecule has 2 heterocycles. The molecule has 0 aliphatic carbocycles. The highest BCUT2D eigenvalue weighted by molar-refractivity contribution is 7.17. The van der Waals surface area contributed by atoms with Crippen molar-refractivity contribution < 1.29 is 19.6 Å². The van der Waals surface area contributed by atoms with Crippen molar-refractivity contribution in [3.63, 3.8) is 0 Å². The summed E-state index contributed by atoms with van der Waals surface area (Å²) in [4.78, 5) is 35.7. The number of carboxylic acid groups (broad SMARTS) is 1. The van der Waals surface area contributed by atoms with E-state index in [1.165, 1.54) is 17.0 Å². The van der Waals surface area contributed by atoms with Crippen LogP contribution in [0, 0.1) is 21.4 Å². The molecule has 0 radical (unpaired) electrons. The maximum atomic E-state index is 12.3. The Labute approximate surface area is 125 Å². The van der Waals surface area contributed by atoms with Crippen LogP contribution in [0.25, 0.3) is 0 Å². The monoisotopic (exact) mass is 312 g/mol. The van der Waals surface area contributed by atoms with Crippen molar-refractivity contribution in [3.8, 4) is 0 Å². The molecule has 1 atom stereocenters. The third-order valence-corrected chi connectivity index (χ3v) is 5.13. The fraction of sp³-hybridized carbons (Fsp3) is 0.538. The molecule has 0 saturated carbocycles. The first-order valence-electron chi connectivity index (χ1n) is 6.55. The molecule has 7 nitrogen and oxygen atoms in total. The molecule has 1 unspecified atom stereocenters. The number of carboxylic acids is 1. The van der Waals surface area contributed by atoms with E-state index in [4.69, 9.17) is 0 Å². The first kappa shape index (κ1) is 15.4. The van der Waals surface area contributed by atoms with E-state index in [2.05, 4.69) is 0 Å². The van der Waals surface area contributed by atoms with Gasteiger partial charge in [-0.2, -0.15) is 0 Å². The molecule has 8 heteroatoms. The van der Waals surface area contributed by atoms with E-state index < -0.39 is 16.3 Å². The zero-order chi connectivity index (χ0) is 15.8. The zero-order valence-electron chi connectivity index (χ0n) is 11.7. The van der Waals surface area contributed by atoms with E-state index in [0.717, 1.165) is 11.3 Å². The minimum absolute atomic E-state index is 0.0918. The molecule has 1 aliphatic heterocycles. The van der Waals surface area contributed by atoms with Gasteiger partial charge >= 0.3 is 11.0 Å². The Morgan fingerprint density at radius 1 is 1.48 bits per heavy atom. The van der Waals surface area contributed by atoms with E-state index in [9.17, 15) is 24.8 Å². The fourth-order valence-electron chi connectivity index (χ4n) is 2.60. The Morgan fingerprint density at radius 2 is 2.14 bits per heavy atom. The van der Waals surface area contributed by atoms with Crippen LogP contribution < -0.4 is 0 Å². The number of thiophene rings is 1. The van der Waals surface area contributed by atoms with Gasteiger partial charge in [0.15, 0.2) is 0 Å². The summed E-state index contributed by atoms with van der Waals surface area (Å²) in [6.07, 6.45) is 0.402. The summed E-state index contributed by atoms with van der Waals surface area (Å²) < 4.78 is 0. The standard InChI is InChI=1S/C13H16N2O5S/c1-8(2)13(12(17)18)5-6-14(7-13)11(16)9-3-4-10(21-9)15(19)20/h3-4,8H,5-7H2,1-2H3,(H,17,18). The van der Waals surface area contributed by atoms with Gasteiger partial charge in [-0.3, -0.25) is 19.7 Å². The van der Waals surface area contributed by atoms with Crippen LogP contribution in [-0.4, -0.2) is 39.9 Å². The third kappa shape index (κ3) is 2.63. The van der Waals surface area contributed by atoms with Crippen LogP contribution in [0.4, 0.5) is 5.00 Å². The molecule has 1 fully saturated rings. The summed E-state index contributed by atoms with van der Waals surface area (Å²) in [6, 6.07) is 2.71. The van der Waals surface area contributed by atoms with Gasteiger partial charge < -0.3 is 10.0 Å². The van der Waals surface area contributed by atoms with Gasteiger partial charge in [-0.15, -0.1) is 0 Å². The first-order valence-corrected chi connectivity index (χ1v) is 7.36. The van der Waals surface area contributed by atoms with Gasteiger partial charge in [-0.25, -0.2) is 0 Å². The van der Waals surface area contributed by atoms with Gasteiger partial charge in [0.05, 0.1) is 15.2 Å². The van der Waals surface area contributed by atoms with Gasteiger partial charge in [-0.1, -0.05) is 25.2 Å². The van der Waals surface area contributed by atoms with Gasteiger partial charge in [0.1, 0.15) is 0 Å². The van der Waals surface area contributed by atoms with Crippen molar-refractivity contribution in [2.45, 2.75) is 20.3 Å². The van der Waals surface area contributed by atoms with Crippen molar-refractivity contribution in [2.75, 3.05) is 13.1 Å². The van der Waals surface area contributed by atoms with Crippen LogP contribution in [-0.2, 0) is 4.79 Å². The highest BCUT2D eigenvalue weighted by Gasteiger charge is 2.48. The number of hydrogen-bond donors (Lipinski definition) is 1. The maximum Gasteiger partial charge on any atom is 0.324 e. The van der Waals surface area contributed by atoms with E-state index in [1.807, 2.05) is 13.8 Å². The zero-order valence-corrected chi connectivity index (χ0v) is 12.6. The normalized spacial score (nSPS) is 21.8. The number of carbonyl (C=O) groups is 2. The van der Waals surface area contributed by atoms with Crippen molar-refractivity contribution in [1.82, 2.24) is 4.90 Å². The SMILES string of the molecule is CC(C)C1(C(=O)O)CCN(C(=O)c2ccc([N+](=O)[O-])s2)C1. The Kier molecular flexibility index (Phi) is 3.99. The molecule has 2 rings (SSSR count). The van der Waals surface area contributed by atoms with Crippen LogP contribution in [0.15, 0.2) is 12.1 Å². The molecule has 0 spiro atoms. The van der Waals surface area contributed by atoms with Crippen molar-refractivity contribution in [3.05, 3.63) is 27.1 Å². The molecule has 1 N–H and O–H groups in total. The molecule has 0 aromatic carbocycles. The Hall–Kier alpha value is -1.96. The molecular formula is C13H16N2O5S. The molecule has 1 amide bonds. The Balaban J connectivity index is 2.18. The Bertz CT molecular complexity index is 597. The number of rotatable bonds is 4. The van der Waals surface area contributed by atoms with Crippen molar-refractivity contribution >= 4 is 28.2 Å². The molecular weight excluding hydrogens is 296 g/mol. The average molecular weight is 312 g/mol. The predicted molar refractivity (Wildman–Crippen MR) is 76.4 cm³/mol. The summed E-state index contributed by atoms with van der Waals surface area (Å²) in [7, 11) is 0. The second kappa shape index (κ2) is 5.44. The van der Waals surface area contributed by atoms with Gasteiger partial charge in [0, 0.05) is 19.2 Å². The van der Waals surface area contributed by atoms with Crippen LogP contribution in [0.2, 0.25) is 0 Å². The van der Waals surface area contributed by atoms with E-state index in [1.54, 1.807) is 0 Å². The number of aliphatic carboxylic acids is 1. The number of nitro groups is 1. The molecule has 1 aromatic rings. The lowest BCUT2D eigenvalue weighted by molar-refractivity contribution is -0.380. The summed E-state index contributed by atoms with van der Waals surface area (Å²) in [5, 5.41) is 20.0. The lowest BCUT2D eigenvalue weighted by Crippen LogP contribution is -2.40. The smallest absolute Gasteiger partial charge is 0.324 e. The van der Waals surface area contributed by atoms with E-state index in [-0.39, 0.29) is 28.2 Å². The van der Waals surface area contributed by atoms with Gasteiger partial charge in [-0.05, 0) is 18.4 Å². The molecule has 1 saturated heterocycles. The van der Waals surface area contributed by atoms with E-state index >= 15 is 0 Å². The summed E-state index contributed by atoms with van der Waals surface area (Å²) >= 11 is 0.815. The quantitative estimate of drug-likeness (QED) is 0.678. The van der Waals surface area contributed by atoms with E-state index in [0.29, 0.717) is 13.0 Å². The first-order chi connectivity index (χ1) is 9.78. The minimum Gasteiger partial charge on any atom is -0.481 e. The highest BCUT2D eigenvalue weighted by atomic mass is 32.1. The van der Waals surface area contributed by atoms with Gasteiger partial charge in [0.2, 0.25) is 0 Å². The third-order valence-electron chi connectivity index (χ3n) is 4.10. The molecule has 1 aliphatic rings. The fourth-order valence-corrected chi connectivity index (χ4v) is 3.38. The minimum atomic E-state index is -0.932. The van der Waals surface area contributed by atoms with Crippen LogP contribution in [0.1, 0.15) is 29.9 Å². The van der Waals surface area contributed by atoms with Crippen LogP contribution in [0.3, 0.4) is 0 Å². The number of nitrogens with zero attached hydrogens (tertiary/aromatic N) is 2. The second-order valence-electron chi connectivity index (χ2n) is 5.49. The highest BCUT2D eigenvalue weighted by Crippen LogP contribution is 2.39. The van der Waals surface area contributed by atoms with Gasteiger partial charge in [0.25, 0.3) is 5.91 Å². The Morgan fingerprint density at radius 3 is 2.57 bits per heavy atom. The molecule has 0 bridgehead atoms. The number of hydrogen-bond acceptors (Lipinski definition) is 5. The largest absolute Gasteiger partial charge is 0.481 e. The van der Waals surface area contributed by atoms with Crippen LogP contribution >= 0.6 is 11.3 Å². The topological polar surface area (TPSA) is 101 Å². The molecule has 1 aromatic heterocycles. The second-order valence-corrected chi connectivity index (χ2v) is 6.55. The lowest BCUT2D eigenvalue weighted by Gasteiger charge is -2.28. The predicted octanol–water partition coefficient (Wildman–Crippen LogP) is 2.23. The van der Waals surface area contributed by atoms with Crippen LogP contribution in [0.5, 0.6) is 0 Å².